The van der Waals surface area contributed by atoms with Crippen molar-refractivity contribution in [2.45, 2.75) is 12.5 Å². The average Bonchev–Trinajstić information content (AvgIpc) is 2.66. The van der Waals surface area contributed by atoms with Crippen LogP contribution in [0.25, 0.3) is 0 Å². The molecule has 0 aliphatic carbocycles. The zero-order valence-electron chi connectivity index (χ0n) is 14.2. The molecule has 0 aliphatic rings. The first kappa shape index (κ1) is 20.7. The second-order valence-corrected chi connectivity index (χ2v) is 7.14. The van der Waals surface area contributed by atoms with Crippen molar-refractivity contribution in [3.8, 4) is 18.1 Å². The number of carbonyl (C=O) groups excluding carboxylic acids is 1. The first-order valence-electron chi connectivity index (χ1n) is 7.83. The van der Waals surface area contributed by atoms with Crippen LogP contribution >= 0.6 is 38.5 Å². The Labute approximate surface area is 175 Å². The molecule has 0 radical (unpaired) electrons. The van der Waals surface area contributed by atoms with Crippen LogP contribution in [0.1, 0.15) is 22.8 Å². The standard InChI is InChI=1S/C20H18BrIO4/c1-3-20(2,15-7-5-4-6-8-15)26-19(23)17-13-16(22)9-10-18(17)25-12-11-24-14-21/h1,4-10,13H,11-12,14H2,2H3. The third kappa shape index (κ3) is 5.47. The van der Waals surface area contributed by atoms with Crippen LogP contribution < -0.4 is 4.74 Å². The Bertz CT molecular complexity index is 788. The lowest BCUT2D eigenvalue weighted by Gasteiger charge is -2.25. The summed E-state index contributed by atoms with van der Waals surface area (Å²) in [4.78, 5) is 12.8. The third-order valence-electron chi connectivity index (χ3n) is 3.62. The number of alkyl halides is 1. The molecule has 0 aromatic heterocycles. The summed E-state index contributed by atoms with van der Waals surface area (Å²) >= 11 is 5.30. The number of hydrogen-bond acceptors (Lipinski definition) is 4. The third-order valence-corrected chi connectivity index (χ3v) is 4.62. The lowest BCUT2D eigenvalue weighted by Crippen LogP contribution is -2.28. The van der Waals surface area contributed by atoms with Gasteiger partial charge in [-0.15, -0.1) is 6.42 Å². The Morgan fingerprint density at radius 3 is 2.62 bits per heavy atom. The van der Waals surface area contributed by atoms with Gasteiger partial charge in [0.25, 0.3) is 0 Å². The Balaban J connectivity index is 2.22. The van der Waals surface area contributed by atoms with Gasteiger partial charge in [0.15, 0.2) is 5.60 Å². The summed E-state index contributed by atoms with van der Waals surface area (Å²) in [6, 6.07) is 14.5. The van der Waals surface area contributed by atoms with Gasteiger partial charge in [-0.3, -0.25) is 0 Å². The van der Waals surface area contributed by atoms with Gasteiger partial charge in [0, 0.05) is 9.13 Å². The fraction of sp³-hybridized carbons (Fsp3) is 0.250. The van der Waals surface area contributed by atoms with Crippen molar-refractivity contribution < 1.29 is 19.0 Å². The lowest BCUT2D eigenvalue weighted by atomic mass is 9.96. The monoisotopic (exact) mass is 528 g/mol. The van der Waals surface area contributed by atoms with E-state index in [2.05, 4.69) is 44.4 Å². The maximum Gasteiger partial charge on any atom is 0.343 e. The highest BCUT2D eigenvalue weighted by atomic mass is 127. The van der Waals surface area contributed by atoms with Gasteiger partial charge in [-0.05, 0) is 47.7 Å². The highest BCUT2D eigenvalue weighted by Crippen LogP contribution is 2.29. The Hall–Kier alpha value is -1.56. The summed E-state index contributed by atoms with van der Waals surface area (Å²) in [6.45, 7) is 2.41. The largest absolute Gasteiger partial charge is 0.490 e. The van der Waals surface area contributed by atoms with Crippen LogP contribution in [0.5, 0.6) is 5.75 Å². The molecule has 26 heavy (non-hydrogen) atoms. The SMILES string of the molecule is C#CC(C)(OC(=O)c1cc(I)ccc1OCCOCBr)c1ccccc1. The molecule has 4 nitrogen and oxygen atoms in total. The van der Waals surface area contributed by atoms with Crippen LogP contribution in [0.15, 0.2) is 48.5 Å². The normalized spacial score (nSPS) is 12.7. The minimum absolute atomic E-state index is 0.317. The molecule has 0 saturated heterocycles. The predicted octanol–water partition coefficient (Wildman–Crippen LogP) is 4.74. The van der Waals surface area contributed by atoms with Gasteiger partial charge in [0.1, 0.15) is 23.4 Å². The number of ether oxygens (including phenoxy) is 3. The van der Waals surface area contributed by atoms with E-state index in [-0.39, 0.29) is 0 Å². The number of esters is 1. The molecule has 1 atom stereocenters. The van der Waals surface area contributed by atoms with Crippen molar-refractivity contribution in [2.75, 3.05) is 18.7 Å². The summed E-state index contributed by atoms with van der Waals surface area (Å²) in [7, 11) is 0. The molecule has 0 heterocycles. The van der Waals surface area contributed by atoms with Crippen molar-refractivity contribution in [1.82, 2.24) is 0 Å². The van der Waals surface area contributed by atoms with E-state index in [1.54, 1.807) is 19.1 Å². The second-order valence-electron chi connectivity index (χ2n) is 5.44. The fourth-order valence-electron chi connectivity index (χ4n) is 2.22. The van der Waals surface area contributed by atoms with Crippen LogP contribution in [0, 0.1) is 15.9 Å². The van der Waals surface area contributed by atoms with Gasteiger partial charge in [-0.2, -0.15) is 0 Å². The predicted molar refractivity (Wildman–Crippen MR) is 112 cm³/mol. The first-order chi connectivity index (χ1) is 12.5. The first-order valence-corrected chi connectivity index (χ1v) is 10.0. The van der Waals surface area contributed by atoms with E-state index in [0.717, 1.165) is 9.13 Å². The van der Waals surface area contributed by atoms with Gasteiger partial charge in [0.2, 0.25) is 0 Å². The van der Waals surface area contributed by atoms with Gasteiger partial charge >= 0.3 is 5.97 Å². The highest BCUT2D eigenvalue weighted by molar-refractivity contribution is 14.1. The molecular formula is C20H18BrIO4. The Morgan fingerprint density at radius 1 is 1.23 bits per heavy atom. The summed E-state index contributed by atoms with van der Waals surface area (Å²) in [5, 5.41) is 0. The van der Waals surface area contributed by atoms with E-state index < -0.39 is 11.6 Å². The summed E-state index contributed by atoms with van der Waals surface area (Å²) in [5.41, 5.74) is 0.314. The van der Waals surface area contributed by atoms with Crippen molar-refractivity contribution >= 4 is 44.5 Å². The zero-order chi connectivity index (χ0) is 19.0. The Morgan fingerprint density at radius 2 is 1.96 bits per heavy atom. The average molecular weight is 529 g/mol. The number of hydrogen-bond donors (Lipinski definition) is 0. The molecule has 0 fully saturated rings. The van der Waals surface area contributed by atoms with Gasteiger partial charge in [0.05, 0.1) is 6.61 Å². The maximum atomic E-state index is 12.8. The van der Waals surface area contributed by atoms with E-state index in [4.69, 9.17) is 20.6 Å². The molecule has 2 rings (SSSR count). The van der Waals surface area contributed by atoms with Crippen molar-refractivity contribution in [1.29, 1.82) is 0 Å². The molecule has 136 valence electrons. The van der Waals surface area contributed by atoms with Crippen LogP contribution in [-0.4, -0.2) is 24.7 Å². The molecule has 2 aromatic carbocycles. The maximum absolute atomic E-state index is 12.8. The molecule has 0 spiro atoms. The molecule has 1 unspecified atom stereocenters. The number of halogens is 2. The van der Waals surface area contributed by atoms with E-state index in [1.165, 1.54) is 0 Å². The molecular weight excluding hydrogens is 511 g/mol. The molecule has 0 amide bonds. The lowest BCUT2D eigenvalue weighted by molar-refractivity contribution is 0.0124. The summed E-state index contributed by atoms with van der Waals surface area (Å²) < 4.78 is 17.4. The number of rotatable bonds is 8. The minimum Gasteiger partial charge on any atom is -0.490 e. The van der Waals surface area contributed by atoms with Crippen molar-refractivity contribution in [2.24, 2.45) is 0 Å². The summed E-state index contributed by atoms with van der Waals surface area (Å²) in [5.74, 6) is 2.47. The fourth-order valence-corrected chi connectivity index (χ4v) is 2.94. The molecule has 0 aliphatic heterocycles. The second kappa shape index (κ2) is 9.95. The van der Waals surface area contributed by atoms with Crippen LogP contribution in [0.3, 0.4) is 0 Å². The number of terminal acetylenes is 1. The highest BCUT2D eigenvalue weighted by Gasteiger charge is 2.30. The van der Waals surface area contributed by atoms with Gasteiger partial charge in [-0.25, -0.2) is 4.79 Å². The van der Waals surface area contributed by atoms with Gasteiger partial charge in [-0.1, -0.05) is 52.2 Å². The van der Waals surface area contributed by atoms with E-state index in [0.29, 0.717) is 30.0 Å². The Kier molecular flexibility index (Phi) is 7.94. The molecule has 0 saturated carbocycles. The number of carbonyl (C=O) groups is 1. The topological polar surface area (TPSA) is 44.8 Å². The van der Waals surface area contributed by atoms with E-state index in [1.807, 2.05) is 36.4 Å². The van der Waals surface area contributed by atoms with E-state index in [9.17, 15) is 4.79 Å². The van der Waals surface area contributed by atoms with Gasteiger partial charge < -0.3 is 14.2 Å². The van der Waals surface area contributed by atoms with E-state index >= 15 is 0 Å². The minimum atomic E-state index is -1.17. The smallest absolute Gasteiger partial charge is 0.343 e. The molecule has 0 N–H and O–H groups in total. The van der Waals surface area contributed by atoms with Crippen LogP contribution in [-0.2, 0) is 15.1 Å². The molecule has 2 aromatic rings. The van der Waals surface area contributed by atoms with Crippen LogP contribution in [0.2, 0.25) is 0 Å². The van der Waals surface area contributed by atoms with Crippen LogP contribution in [0.4, 0.5) is 0 Å². The quantitative estimate of drug-likeness (QED) is 0.163. The molecule has 6 heteroatoms. The van der Waals surface area contributed by atoms with Crippen molar-refractivity contribution in [3.63, 3.8) is 0 Å². The van der Waals surface area contributed by atoms with Crippen molar-refractivity contribution in [3.05, 3.63) is 63.2 Å². The number of benzene rings is 2. The summed E-state index contributed by atoms with van der Waals surface area (Å²) in [6.07, 6.45) is 5.67. The molecule has 0 bridgehead atoms. The zero-order valence-corrected chi connectivity index (χ0v) is 17.9.